The summed E-state index contributed by atoms with van der Waals surface area (Å²) >= 11 is 11.7. The Balaban J connectivity index is 1.98. The van der Waals surface area contributed by atoms with Gasteiger partial charge in [0.15, 0.2) is 5.78 Å². The first-order chi connectivity index (χ1) is 9.10. The van der Waals surface area contributed by atoms with Crippen LogP contribution in [0.25, 0.3) is 0 Å². The molecular weight excluding hydrogens is 285 g/mol. The van der Waals surface area contributed by atoms with Crippen LogP contribution < -0.4 is 0 Å². The zero-order valence-electron chi connectivity index (χ0n) is 10.6. The topological polar surface area (TPSA) is 40.5 Å². The number of piperidine rings is 1. The fourth-order valence-electron chi connectivity index (χ4n) is 2.41. The number of hydrogen-bond acceptors (Lipinski definition) is 3. The van der Waals surface area contributed by atoms with Gasteiger partial charge in [-0.1, -0.05) is 23.2 Å². The number of nitrogens with zero attached hydrogens (tertiary/aromatic N) is 1. The van der Waals surface area contributed by atoms with Crippen LogP contribution >= 0.6 is 23.2 Å². The van der Waals surface area contributed by atoms with Crippen molar-refractivity contribution in [3.8, 4) is 0 Å². The molecule has 1 saturated heterocycles. The van der Waals surface area contributed by atoms with Crippen molar-refractivity contribution in [2.24, 2.45) is 5.92 Å². The summed E-state index contributed by atoms with van der Waals surface area (Å²) in [6.45, 7) is 2.25. The molecule has 1 atom stereocenters. The van der Waals surface area contributed by atoms with Crippen LogP contribution in [0.2, 0.25) is 10.0 Å². The minimum absolute atomic E-state index is 0.0390. The average molecular weight is 302 g/mol. The third-order valence-corrected chi connectivity index (χ3v) is 4.21. The average Bonchev–Trinajstić information content (AvgIpc) is 2.42. The lowest BCUT2D eigenvalue weighted by molar-refractivity contribution is 0.0833. The second-order valence-corrected chi connectivity index (χ2v) is 5.79. The third-order valence-electron chi connectivity index (χ3n) is 3.47. The number of hydrogen-bond donors (Lipinski definition) is 1. The van der Waals surface area contributed by atoms with E-state index < -0.39 is 0 Å². The van der Waals surface area contributed by atoms with Gasteiger partial charge >= 0.3 is 0 Å². The van der Waals surface area contributed by atoms with Crippen LogP contribution in [0.4, 0.5) is 0 Å². The minimum Gasteiger partial charge on any atom is -0.396 e. The molecule has 19 heavy (non-hydrogen) atoms. The number of halogens is 2. The number of aliphatic hydroxyl groups excluding tert-OH is 1. The van der Waals surface area contributed by atoms with Gasteiger partial charge in [-0.3, -0.25) is 9.69 Å². The summed E-state index contributed by atoms with van der Waals surface area (Å²) in [6, 6.07) is 4.95. The monoisotopic (exact) mass is 301 g/mol. The molecule has 5 heteroatoms. The Morgan fingerprint density at radius 3 is 2.84 bits per heavy atom. The third kappa shape index (κ3) is 3.93. The molecule has 0 aromatic heterocycles. The first-order valence-corrected chi connectivity index (χ1v) is 7.17. The molecule has 1 heterocycles. The van der Waals surface area contributed by atoms with Crippen molar-refractivity contribution in [1.29, 1.82) is 0 Å². The van der Waals surface area contributed by atoms with Crippen molar-refractivity contribution in [3.05, 3.63) is 33.8 Å². The quantitative estimate of drug-likeness (QED) is 0.870. The lowest BCUT2D eigenvalue weighted by atomic mass is 9.98. The number of ketones is 1. The molecule has 1 fully saturated rings. The summed E-state index contributed by atoms with van der Waals surface area (Å²) in [5, 5.41) is 10.0. The molecule has 0 saturated carbocycles. The Morgan fingerprint density at radius 2 is 2.16 bits per heavy atom. The van der Waals surface area contributed by atoms with Crippen LogP contribution in [0.15, 0.2) is 18.2 Å². The highest BCUT2D eigenvalue weighted by atomic mass is 35.5. The molecule has 0 aliphatic carbocycles. The number of carbonyl (C=O) groups is 1. The summed E-state index contributed by atoms with van der Waals surface area (Å²) in [5.41, 5.74) is 0.584. The maximum absolute atomic E-state index is 12.2. The fourth-order valence-corrected chi connectivity index (χ4v) is 2.71. The number of rotatable bonds is 4. The number of benzene rings is 1. The van der Waals surface area contributed by atoms with Crippen LogP contribution in [0, 0.1) is 5.92 Å². The van der Waals surface area contributed by atoms with Crippen molar-refractivity contribution in [2.75, 3.05) is 26.2 Å². The van der Waals surface area contributed by atoms with E-state index in [9.17, 15) is 9.90 Å². The van der Waals surface area contributed by atoms with Crippen molar-refractivity contribution in [1.82, 2.24) is 4.90 Å². The van der Waals surface area contributed by atoms with Gasteiger partial charge in [-0.25, -0.2) is 0 Å². The van der Waals surface area contributed by atoms with Crippen LogP contribution in [-0.4, -0.2) is 42.0 Å². The molecule has 1 unspecified atom stereocenters. The molecule has 1 aliphatic rings. The number of Topliss-reactive ketones (excluding diaryl/α,β-unsaturated/α-hetero) is 1. The van der Waals surface area contributed by atoms with Gasteiger partial charge in [-0.15, -0.1) is 0 Å². The van der Waals surface area contributed by atoms with Crippen LogP contribution in [-0.2, 0) is 0 Å². The van der Waals surface area contributed by atoms with E-state index in [1.807, 2.05) is 0 Å². The van der Waals surface area contributed by atoms with Crippen molar-refractivity contribution < 1.29 is 9.90 Å². The smallest absolute Gasteiger partial charge is 0.176 e. The summed E-state index contributed by atoms with van der Waals surface area (Å²) < 4.78 is 0. The Labute approximate surface area is 123 Å². The van der Waals surface area contributed by atoms with E-state index in [0.717, 1.165) is 25.9 Å². The summed E-state index contributed by atoms with van der Waals surface area (Å²) in [4.78, 5) is 14.3. The van der Waals surface area contributed by atoms with Crippen LogP contribution in [0.5, 0.6) is 0 Å². The SMILES string of the molecule is O=C(CN1CCCC(CO)C1)c1ccc(Cl)c(Cl)c1. The number of likely N-dealkylation sites (tertiary alicyclic amines) is 1. The van der Waals surface area contributed by atoms with E-state index in [0.29, 0.717) is 22.2 Å². The molecule has 1 aromatic carbocycles. The van der Waals surface area contributed by atoms with Crippen LogP contribution in [0.3, 0.4) is 0 Å². The first kappa shape index (κ1) is 14.8. The molecule has 1 N–H and O–H groups in total. The largest absolute Gasteiger partial charge is 0.396 e. The Bertz CT molecular complexity index is 465. The number of carbonyl (C=O) groups excluding carboxylic acids is 1. The van der Waals surface area contributed by atoms with Crippen molar-refractivity contribution in [2.45, 2.75) is 12.8 Å². The highest BCUT2D eigenvalue weighted by molar-refractivity contribution is 6.42. The van der Waals surface area contributed by atoms with Gasteiger partial charge in [0.1, 0.15) is 0 Å². The predicted molar refractivity (Wildman–Crippen MR) is 77.0 cm³/mol. The summed E-state index contributed by atoms with van der Waals surface area (Å²) in [7, 11) is 0. The first-order valence-electron chi connectivity index (χ1n) is 6.41. The molecule has 104 valence electrons. The normalized spacial score (nSPS) is 20.5. The molecule has 0 spiro atoms. The Kier molecular flexibility index (Phi) is 5.22. The number of aliphatic hydroxyl groups is 1. The summed E-state index contributed by atoms with van der Waals surface area (Å²) in [5.74, 6) is 0.326. The highest BCUT2D eigenvalue weighted by Crippen LogP contribution is 2.23. The molecule has 3 nitrogen and oxygen atoms in total. The molecule has 0 bridgehead atoms. The summed E-state index contributed by atoms with van der Waals surface area (Å²) in [6.07, 6.45) is 2.06. The molecular formula is C14H17Cl2NO2. The van der Waals surface area contributed by atoms with Gasteiger partial charge in [0.25, 0.3) is 0 Å². The van der Waals surface area contributed by atoms with E-state index in [2.05, 4.69) is 4.90 Å². The Morgan fingerprint density at radius 1 is 1.37 bits per heavy atom. The van der Waals surface area contributed by atoms with E-state index in [1.165, 1.54) is 0 Å². The van der Waals surface area contributed by atoms with Gasteiger partial charge in [0, 0.05) is 18.7 Å². The molecule has 1 aromatic rings. The lowest BCUT2D eigenvalue weighted by Crippen LogP contribution is -2.39. The lowest BCUT2D eigenvalue weighted by Gasteiger charge is -2.31. The standard InChI is InChI=1S/C14H17Cl2NO2/c15-12-4-3-11(6-13(12)16)14(19)8-17-5-1-2-10(7-17)9-18/h3-4,6,10,18H,1-2,5,7-9H2. The molecule has 0 amide bonds. The maximum Gasteiger partial charge on any atom is 0.176 e. The molecule has 0 radical (unpaired) electrons. The zero-order chi connectivity index (χ0) is 13.8. The van der Waals surface area contributed by atoms with E-state index in [1.54, 1.807) is 18.2 Å². The molecule has 1 aliphatic heterocycles. The predicted octanol–water partition coefficient (Wildman–Crippen LogP) is 2.88. The van der Waals surface area contributed by atoms with E-state index in [4.69, 9.17) is 23.2 Å². The Hall–Kier alpha value is -0.610. The molecule has 2 rings (SSSR count). The van der Waals surface area contributed by atoms with Gasteiger partial charge in [-0.05, 0) is 43.5 Å². The van der Waals surface area contributed by atoms with Gasteiger partial charge in [0.2, 0.25) is 0 Å². The van der Waals surface area contributed by atoms with E-state index >= 15 is 0 Å². The van der Waals surface area contributed by atoms with Gasteiger partial charge in [-0.2, -0.15) is 0 Å². The second-order valence-electron chi connectivity index (χ2n) is 4.98. The van der Waals surface area contributed by atoms with E-state index in [-0.39, 0.29) is 18.3 Å². The minimum atomic E-state index is 0.0390. The zero-order valence-corrected chi connectivity index (χ0v) is 12.1. The van der Waals surface area contributed by atoms with Gasteiger partial charge in [0.05, 0.1) is 16.6 Å². The van der Waals surface area contributed by atoms with Crippen LogP contribution in [0.1, 0.15) is 23.2 Å². The van der Waals surface area contributed by atoms with Crippen molar-refractivity contribution >= 4 is 29.0 Å². The van der Waals surface area contributed by atoms with Gasteiger partial charge < -0.3 is 5.11 Å². The fraction of sp³-hybridized carbons (Fsp3) is 0.500. The van der Waals surface area contributed by atoms with Crippen molar-refractivity contribution in [3.63, 3.8) is 0 Å². The second kappa shape index (κ2) is 6.71. The highest BCUT2D eigenvalue weighted by Gasteiger charge is 2.21. The maximum atomic E-state index is 12.2.